The fourth-order valence-corrected chi connectivity index (χ4v) is 2.37. The molecule has 0 bridgehead atoms. The molecule has 1 aliphatic rings. The molecule has 2 aromatic heterocycles. The van der Waals surface area contributed by atoms with Gasteiger partial charge in [-0.1, -0.05) is 17.7 Å². The zero-order valence-electron chi connectivity index (χ0n) is 9.94. The number of nitrogens with one attached hydrogen (secondary N) is 1. The zero-order chi connectivity index (χ0) is 12.4. The van der Waals surface area contributed by atoms with E-state index < -0.39 is 0 Å². The Balaban J connectivity index is 2.11. The van der Waals surface area contributed by atoms with E-state index in [0.29, 0.717) is 5.02 Å². The van der Waals surface area contributed by atoms with Crippen LogP contribution in [-0.2, 0) is 0 Å². The molecular formula is C14H14ClN3. The fourth-order valence-electron chi connectivity index (χ4n) is 2.22. The SMILES string of the molecule is Clc1cnc(-n2cccc2)c(C2=CCNCC2)c1. The van der Waals surface area contributed by atoms with Crippen LogP contribution in [-0.4, -0.2) is 22.6 Å². The first-order valence-electron chi connectivity index (χ1n) is 6.03. The molecular weight excluding hydrogens is 246 g/mol. The van der Waals surface area contributed by atoms with Crippen LogP contribution in [0.1, 0.15) is 12.0 Å². The number of hydrogen-bond acceptors (Lipinski definition) is 2. The lowest BCUT2D eigenvalue weighted by Crippen LogP contribution is -2.20. The number of pyridine rings is 1. The molecule has 92 valence electrons. The van der Waals surface area contributed by atoms with Crippen LogP contribution in [0.4, 0.5) is 0 Å². The molecule has 0 amide bonds. The van der Waals surface area contributed by atoms with Crippen molar-refractivity contribution >= 4 is 17.2 Å². The smallest absolute Gasteiger partial charge is 0.144 e. The van der Waals surface area contributed by atoms with Crippen LogP contribution in [0, 0.1) is 0 Å². The Morgan fingerprint density at radius 2 is 2.11 bits per heavy atom. The van der Waals surface area contributed by atoms with Crippen LogP contribution in [0.5, 0.6) is 0 Å². The summed E-state index contributed by atoms with van der Waals surface area (Å²) in [6.45, 7) is 1.91. The summed E-state index contributed by atoms with van der Waals surface area (Å²) in [6, 6.07) is 5.99. The molecule has 0 saturated carbocycles. The van der Waals surface area contributed by atoms with Crippen LogP contribution >= 0.6 is 11.6 Å². The molecule has 3 heterocycles. The molecule has 2 aromatic rings. The van der Waals surface area contributed by atoms with E-state index >= 15 is 0 Å². The predicted molar refractivity (Wildman–Crippen MR) is 74.0 cm³/mol. The summed E-state index contributed by atoms with van der Waals surface area (Å²) in [5.74, 6) is 0.942. The molecule has 0 atom stereocenters. The third-order valence-electron chi connectivity index (χ3n) is 3.09. The van der Waals surface area contributed by atoms with Gasteiger partial charge < -0.3 is 9.88 Å². The van der Waals surface area contributed by atoms with E-state index in [4.69, 9.17) is 11.6 Å². The Morgan fingerprint density at radius 3 is 2.83 bits per heavy atom. The van der Waals surface area contributed by atoms with Gasteiger partial charge in [0.2, 0.25) is 0 Å². The highest BCUT2D eigenvalue weighted by molar-refractivity contribution is 6.30. The zero-order valence-corrected chi connectivity index (χ0v) is 10.7. The van der Waals surface area contributed by atoms with Crippen molar-refractivity contribution in [1.82, 2.24) is 14.9 Å². The first kappa shape index (κ1) is 11.5. The van der Waals surface area contributed by atoms with Crippen molar-refractivity contribution in [3.63, 3.8) is 0 Å². The number of nitrogens with zero attached hydrogens (tertiary/aromatic N) is 2. The maximum absolute atomic E-state index is 6.08. The lowest BCUT2D eigenvalue weighted by molar-refractivity contribution is 0.737. The fraction of sp³-hybridized carbons (Fsp3) is 0.214. The summed E-state index contributed by atoms with van der Waals surface area (Å²) in [7, 11) is 0. The standard InChI is InChI=1S/C14H14ClN3/c15-12-9-13(11-3-5-16-6-4-11)14(17-10-12)18-7-1-2-8-18/h1-3,7-10,16H,4-6H2. The van der Waals surface area contributed by atoms with Crippen molar-refractivity contribution < 1.29 is 0 Å². The van der Waals surface area contributed by atoms with Crippen molar-refractivity contribution in [2.24, 2.45) is 0 Å². The second-order valence-corrected chi connectivity index (χ2v) is 4.73. The molecule has 0 unspecified atom stereocenters. The molecule has 1 aliphatic heterocycles. The molecule has 0 fully saturated rings. The first-order valence-corrected chi connectivity index (χ1v) is 6.41. The van der Waals surface area contributed by atoms with E-state index in [-0.39, 0.29) is 0 Å². The minimum atomic E-state index is 0.681. The van der Waals surface area contributed by atoms with Crippen LogP contribution < -0.4 is 5.32 Å². The Bertz CT molecular complexity index is 573. The molecule has 3 rings (SSSR count). The van der Waals surface area contributed by atoms with Gasteiger partial charge in [-0.3, -0.25) is 0 Å². The van der Waals surface area contributed by atoms with E-state index in [9.17, 15) is 0 Å². The van der Waals surface area contributed by atoms with Crippen molar-refractivity contribution in [2.75, 3.05) is 13.1 Å². The topological polar surface area (TPSA) is 29.9 Å². The number of halogens is 1. The Kier molecular flexibility index (Phi) is 3.17. The highest BCUT2D eigenvalue weighted by atomic mass is 35.5. The second-order valence-electron chi connectivity index (χ2n) is 4.30. The summed E-state index contributed by atoms with van der Waals surface area (Å²) in [5, 5.41) is 4.00. The van der Waals surface area contributed by atoms with Gasteiger partial charge in [-0.2, -0.15) is 0 Å². The van der Waals surface area contributed by atoms with Gasteiger partial charge in [0.25, 0.3) is 0 Å². The second kappa shape index (κ2) is 4.96. The summed E-state index contributed by atoms with van der Waals surface area (Å²) in [5.41, 5.74) is 2.44. The molecule has 18 heavy (non-hydrogen) atoms. The van der Waals surface area contributed by atoms with Crippen molar-refractivity contribution in [3.8, 4) is 5.82 Å². The minimum absolute atomic E-state index is 0.681. The molecule has 4 heteroatoms. The van der Waals surface area contributed by atoms with Crippen LogP contribution in [0.25, 0.3) is 11.4 Å². The van der Waals surface area contributed by atoms with Gasteiger partial charge in [-0.15, -0.1) is 0 Å². The Hall–Kier alpha value is -1.58. The molecule has 1 N–H and O–H groups in total. The van der Waals surface area contributed by atoms with Crippen LogP contribution in [0.3, 0.4) is 0 Å². The van der Waals surface area contributed by atoms with E-state index in [0.717, 1.165) is 30.9 Å². The van der Waals surface area contributed by atoms with Gasteiger partial charge in [-0.05, 0) is 36.7 Å². The largest absolute Gasteiger partial charge is 0.313 e. The van der Waals surface area contributed by atoms with Crippen molar-refractivity contribution in [2.45, 2.75) is 6.42 Å². The normalized spacial score (nSPS) is 15.5. The molecule has 3 nitrogen and oxygen atoms in total. The third-order valence-corrected chi connectivity index (χ3v) is 3.30. The van der Waals surface area contributed by atoms with Gasteiger partial charge >= 0.3 is 0 Å². The molecule has 0 aromatic carbocycles. The quantitative estimate of drug-likeness (QED) is 0.899. The molecule has 0 aliphatic carbocycles. The Morgan fingerprint density at radius 1 is 1.28 bits per heavy atom. The molecule has 0 spiro atoms. The van der Waals surface area contributed by atoms with Gasteiger partial charge in [-0.25, -0.2) is 4.98 Å². The summed E-state index contributed by atoms with van der Waals surface area (Å²) >= 11 is 6.08. The monoisotopic (exact) mass is 259 g/mol. The molecule has 0 saturated heterocycles. The summed E-state index contributed by atoms with van der Waals surface area (Å²) in [6.07, 6.45) is 8.92. The van der Waals surface area contributed by atoms with E-state index in [2.05, 4.69) is 16.4 Å². The van der Waals surface area contributed by atoms with E-state index in [1.165, 1.54) is 5.57 Å². The maximum Gasteiger partial charge on any atom is 0.144 e. The lowest BCUT2D eigenvalue weighted by atomic mass is 10.0. The van der Waals surface area contributed by atoms with Crippen molar-refractivity contribution in [3.05, 3.63) is 53.5 Å². The minimum Gasteiger partial charge on any atom is -0.313 e. The van der Waals surface area contributed by atoms with Gasteiger partial charge in [0.1, 0.15) is 5.82 Å². The summed E-state index contributed by atoms with van der Waals surface area (Å²) in [4.78, 5) is 4.47. The van der Waals surface area contributed by atoms with Crippen LogP contribution in [0.2, 0.25) is 5.02 Å². The Labute approximate surface area is 111 Å². The van der Waals surface area contributed by atoms with Crippen LogP contribution in [0.15, 0.2) is 42.9 Å². The van der Waals surface area contributed by atoms with E-state index in [1.54, 1.807) is 6.20 Å². The van der Waals surface area contributed by atoms with E-state index in [1.807, 2.05) is 35.2 Å². The lowest BCUT2D eigenvalue weighted by Gasteiger charge is -2.17. The van der Waals surface area contributed by atoms with Gasteiger partial charge in [0.05, 0.1) is 5.02 Å². The van der Waals surface area contributed by atoms with Gasteiger partial charge in [0, 0.05) is 30.7 Å². The third kappa shape index (κ3) is 2.19. The van der Waals surface area contributed by atoms with Gasteiger partial charge in [0.15, 0.2) is 0 Å². The molecule has 0 radical (unpaired) electrons. The first-order chi connectivity index (χ1) is 8.84. The number of hydrogen-bond donors (Lipinski definition) is 1. The van der Waals surface area contributed by atoms with Crippen molar-refractivity contribution in [1.29, 1.82) is 0 Å². The maximum atomic E-state index is 6.08. The average Bonchev–Trinajstić information content (AvgIpc) is 2.93. The number of rotatable bonds is 2. The highest BCUT2D eigenvalue weighted by Crippen LogP contribution is 2.27. The number of aromatic nitrogens is 2. The average molecular weight is 260 g/mol. The highest BCUT2D eigenvalue weighted by Gasteiger charge is 2.13. The predicted octanol–water partition coefficient (Wildman–Crippen LogP) is 2.90. The summed E-state index contributed by atoms with van der Waals surface area (Å²) < 4.78 is 2.02.